The van der Waals surface area contributed by atoms with Crippen molar-refractivity contribution in [3.8, 4) is 0 Å². The number of ether oxygens (including phenoxy) is 1. The lowest BCUT2D eigenvalue weighted by Crippen LogP contribution is -2.44. The smallest absolute Gasteiger partial charge is 0.310 e. The molecular weight excluding hydrogens is 344 g/mol. The van der Waals surface area contributed by atoms with Crippen molar-refractivity contribution >= 4 is 23.5 Å². The summed E-state index contributed by atoms with van der Waals surface area (Å²) in [6, 6.07) is 6.72. The van der Waals surface area contributed by atoms with Gasteiger partial charge in [-0.15, -0.1) is 0 Å². The lowest BCUT2D eigenvalue weighted by molar-refractivity contribution is -0.143. The monoisotopic (exact) mass is 372 g/mol. The van der Waals surface area contributed by atoms with E-state index in [4.69, 9.17) is 4.74 Å². The fraction of sp³-hybridized carbons (Fsp3) is 0.571. The average Bonchev–Trinajstić information content (AvgIpc) is 2.98. The average molecular weight is 372 g/mol. The predicted molar refractivity (Wildman–Crippen MR) is 102 cm³/mol. The number of likely N-dealkylation sites (tertiary alicyclic amines) is 1. The molecule has 2 fully saturated rings. The summed E-state index contributed by atoms with van der Waals surface area (Å²) in [5.41, 5.74) is 1.39. The van der Waals surface area contributed by atoms with Crippen molar-refractivity contribution in [2.45, 2.75) is 57.9 Å². The first-order valence-corrected chi connectivity index (χ1v) is 9.95. The maximum atomic E-state index is 12.8. The second-order valence-corrected chi connectivity index (χ2v) is 7.30. The minimum absolute atomic E-state index is 0.131. The second-order valence-electron chi connectivity index (χ2n) is 7.30. The van der Waals surface area contributed by atoms with Crippen molar-refractivity contribution in [1.29, 1.82) is 0 Å². The minimum atomic E-state index is -0.328. The number of imide groups is 1. The van der Waals surface area contributed by atoms with Gasteiger partial charge in [0, 0.05) is 0 Å². The van der Waals surface area contributed by atoms with E-state index in [1.807, 2.05) is 6.92 Å². The fourth-order valence-electron chi connectivity index (χ4n) is 3.71. The van der Waals surface area contributed by atoms with Gasteiger partial charge in [-0.05, 0) is 50.0 Å². The zero-order chi connectivity index (χ0) is 19.2. The molecule has 0 aliphatic carbocycles. The third-order valence-electron chi connectivity index (χ3n) is 5.26. The Morgan fingerprint density at radius 3 is 2.48 bits per heavy atom. The van der Waals surface area contributed by atoms with Crippen LogP contribution in [-0.2, 0) is 25.5 Å². The van der Waals surface area contributed by atoms with Crippen LogP contribution in [-0.4, -0.2) is 48.4 Å². The van der Waals surface area contributed by atoms with E-state index in [2.05, 4.69) is 4.90 Å². The van der Waals surface area contributed by atoms with Gasteiger partial charge in [0.15, 0.2) is 0 Å². The van der Waals surface area contributed by atoms with Gasteiger partial charge in [0.1, 0.15) is 0 Å². The third kappa shape index (κ3) is 4.75. The summed E-state index contributed by atoms with van der Waals surface area (Å²) >= 11 is 0. The van der Waals surface area contributed by atoms with E-state index in [0.29, 0.717) is 12.3 Å². The number of rotatable bonds is 7. The van der Waals surface area contributed by atoms with Crippen LogP contribution in [0.3, 0.4) is 0 Å². The van der Waals surface area contributed by atoms with E-state index in [-0.39, 0.29) is 36.7 Å². The number of unbranched alkanes of at least 4 members (excludes halogenated alkanes) is 1. The van der Waals surface area contributed by atoms with Crippen LogP contribution in [0.15, 0.2) is 24.3 Å². The number of nitrogens with zero attached hydrogens (tertiary/aromatic N) is 2. The van der Waals surface area contributed by atoms with Gasteiger partial charge >= 0.3 is 5.97 Å². The first-order valence-electron chi connectivity index (χ1n) is 9.95. The molecule has 2 aliphatic heterocycles. The molecule has 2 amide bonds. The van der Waals surface area contributed by atoms with Crippen molar-refractivity contribution in [1.82, 2.24) is 4.90 Å². The number of hydrogen-bond donors (Lipinski definition) is 0. The lowest BCUT2D eigenvalue weighted by Gasteiger charge is -2.30. The maximum Gasteiger partial charge on any atom is 0.310 e. The molecule has 0 spiro atoms. The molecule has 1 atom stereocenters. The maximum absolute atomic E-state index is 12.8. The highest BCUT2D eigenvalue weighted by atomic mass is 16.5. The van der Waals surface area contributed by atoms with Crippen LogP contribution in [0.5, 0.6) is 0 Å². The number of benzene rings is 1. The number of amides is 2. The van der Waals surface area contributed by atoms with Gasteiger partial charge in [-0.2, -0.15) is 0 Å². The number of piperidine rings is 1. The van der Waals surface area contributed by atoms with Crippen molar-refractivity contribution in [2.75, 3.05) is 24.6 Å². The number of anilines is 1. The molecule has 6 nitrogen and oxygen atoms in total. The van der Waals surface area contributed by atoms with E-state index < -0.39 is 0 Å². The SMILES string of the molecule is CCCCOC(=O)Cc1ccc(N2C(=O)CC(N3CCCCC3)C2=O)cc1. The highest BCUT2D eigenvalue weighted by Crippen LogP contribution is 2.27. The van der Waals surface area contributed by atoms with Crippen molar-refractivity contribution in [2.24, 2.45) is 0 Å². The first kappa shape index (κ1) is 19.5. The Labute approximate surface area is 160 Å². The highest BCUT2D eigenvalue weighted by Gasteiger charge is 2.42. The quantitative estimate of drug-likeness (QED) is 0.418. The number of hydrogen-bond acceptors (Lipinski definition) is 5. The molecule has 1 aromatic rings. The van der Waals surface area contributed by atoms with E-state index in [1.54, 1.807) is 24.3 Å². The molecule has 0 radical (unpaired) electrons. The van der Waals surface area contributed by atoms with Crippen LogP contribution in [0.25, 0.3) is 0 Å². The van der Waals surface area contributed by atoms with E-state index >= 15 is 0 Å². The van der Waals surface area contributed by atoms with E-state index in [9.17, 15) is 14.4 Å². The molecule has 0 N–H and O–H groups in total. The zero-order valence-corrected chi connectivity index (χ0v) is 16.0. The predicted octanol–water partition coefficient (Wildman–Crippen LogP) is 2.69. The van der Waals surface area contributed by atoms with Crippen LogP contribution in [0.1, 0.15) is 51.0 Å². The largest absolute Gasteiger partial charge is 0.465 e. The zero-order valence-electron chi connectivity index (χ0n) is 16.0. The normalized spacial score (nSPS) is 20.9. The third-order valence-corrected chi connectivity index (χ3v) is 5.26. The van der Waals surface area contributed by atoms with Crippen LogP contribution >= 0.6 is 0 Å². The summed E-state index contributed by atoms with van der Waals surface area (Å²) in [7, 11) is 0. The molecule has 146 valence electrons. The summed E-state index contributed by atoms with van der Waals surface area (Å²) < 4.78 is 5.17. The molecule has 2 heterocycles. The van der Waals surface area contributed by atoms with Crippen molar-refractivity contribution < 1.29 is 19.1 Å². The summed E-state index contributed by atoms with van der Waals surface area (Å²) in [6.45, 7) is 4.26. The summed E-state index contributed by atoms with van der Waals surface area (Å²) in [6.07, 6.45) is 5.66. The molecule has 0 saturated carbocycles. The van der Waals surface area contributed by atoms with Gasteiger partial charge in [-0.25, -0.2) is 4.90 Å². The molecule has 1 unspecified atom stereocenters. The molecule has 0 bridgehead atoms. The lowest BCUT2D eigenvalue weighted by atomic mass is 10.1. The fourth-order valence-corrected chi connectivity index (χ4v) is 3.71. The van der Waals surface area contributed by atoms with Gasteiger partial charge < -0.3 is 4.74 Å². The van der Waals surface area contributed by atoms with Gasteiger partial charge in [0.05, 0.1) is 31.2 Å². The number of esters is 1. The Morgan fingerprint density at radius 2 is 1.81 bits per heavy atom. The first-order chi connectivity index (χ1) is 13.1. The molecule has 2 saturated heterocycles. The van der Waals surface area contributed by atoms with Gasteiger partial charge in [-0.1, -0.05) is 31.9 Å². The number of carbonyl (C=O) groups excluding carboxylic acids is 3. The van der Waals surface area contributed by atoms with Gasteiger partial charge in [-0.3, -0.25) is 19.3 Å². The van der Waals surface area contributed by atoms with Gasteiger partial charge in [0.25, 0.3) is 5.91 Å². The topological polar surface area (TPSA) is 66.9 Å². The molecule has 2 aliphatic rings. The number of carbonyl (C=O) groups is 3. The van der Waals surface area contributed by atoms with Crippen LogP contribution in [0.4, 0.5) is 5.69 Å². The van der Waals surface area contributed by atoms with Crippen LogP contribution in [0, 0.1) is 0 Å². The minimum Gasteiger partial charge on any atom is -0.465 e. The highest BCUT2D eigenvalue weighted by molar-refractivity contribution is 6.22. The van der Waals surface area contributed by atoms with Crippen molar-refractivity contribution in [3.63, 3.8) is 0 Å². The van der Waals surface area contributed by atoms with Gasteiger partial charge in [0.2, 0.25) is 5.91 Å². The molecule has 27 heavy (non-hydrogen) atoms. The standard InChI is InChI=1S/C21H28N2O4/c1-2-3-13-27-20(25)14-16-7-9-17(10-8-16)23-19(24)15-18(21(23)26)22-11-5-4-6-12-22/h7-10,18H,2-6,11-15H2,1H3. The summed E-state index contributed by atoms with van der Waals surface area (Å²) in [5, 5.41) is 0. The Morgan fingerprint density at radius 1 is 1.11 bits per heavy atom. The van der Waals surface area contributed by atoms with E-state index in [0.717, 1.165) is 44.3 Å². The molecule has 0 aromatic heterocycles. The Hall–Kier alpha value is -2.21. The molecule has 6 heteroatoms. The Kier molecular flexibility index (Phi) is 6.61. The Balaban J connectivity index is 1.61. The summed E-state index contributed by atoms with van der Waals surface area (Å²) in [4.78, 5) is 40.5. The Bertz CT molecular complexity index is 680. The van der Waals surface area contributed by atoms with Crippen LogP contribution < -0.4 is 4.90 Å². The van der Waals surface area contributed by atoms with Crippen molar-refractivity contribution in [3.05, 3.63) is 29.8 Å². The van der Waals surface area contributed by atoms with Crippen LogP contribution in [0.2, 0.25) is 0 Å². The molecule has 3 rings (SSSR count). The molecule has 1 aromatic carbocycles. The molecular formula is C21H28N2O4. The summed E-state index contributed by atoms with van der Waals surface area (Å²) in [5.74, 6) is -0.536. The second kappa shape index (κ2) is 9.13. The van der Waals surface area contributed by atoms with E-state index in [1.165, 1.54) is 11.3 Å².